The van der Waals surface area contributed by atoms with Crippen molar-refractivity contribution in [2.24, 2.45) is 17.8 Å². The summed E-state index contributed by atoms with van der Waals surface area (Å²) in [6.45, 7) is 0. The second-order valence-corrected chi connectivity index (χ2v) is 6.79. The highest BCUT2D eigenvalue weighted by Crippen LogP contribution is 2.58. The second kappa shape index (κ2) is 3.52. The minimum atomic E-state index is -1.01. The lowest BCUT2D eigenvalue weighted by Gasteiger charge is -2.57. The molecular weight excluding hydrogens is 244 g/mol. The van der Waals surface area contributed by atoms with Crippen LogP contribution in [0.5, 0.6) is 0 Å². The van der Waals surface area contributed by atoms with Gasteiger partial charge in [0.1, 0.15) is 5.69 Å². The molecule has 1 aromatic rings. The van der Waals surface area contributed by atoms with Crippen molar-refractivity contribution in [1.29, 1.82) is 0 Å². The zero-order chi connectivity index (χ0) is 13.2. The molecule has 1 aromatic heterocycles. The van der Waals surface area contributed by atoms with Gasteiger partial charge in [-0.2, -0.15) is 0 Å². The number of hydrogen-bond acceptors (Lipinski definition) is 2. The highest BCUT2D eigenvalue weighted by atomic mass is 16.4. The summed E-state index contributed by atoms with van der Waals surface area (Å²) in [7, 11) is 0. The molecular formula is C14H18N2O3. The van der Waals surface area contributed by atoms with E-state index in [0.29, 0.717) is 0 Å². The van der Waals surface area contributed by atoms with Gasteiger partial charge < -0.3 is 5.11 Å². The first kappa shape index (κ1) is 11.3. The largest absolute Gasteiger partial charge is 0.477 e. The lowest BCUT2D eigenvalue weighted by atomic mass is 9.53. The number of carbonyl (C=O) groups is 1. The van der Waals surface area contributed by atoms with Crippen molar-refractivity contribution in [3.63, 3.8) is 0 Å². The Kier molecular flexibility index (Phi) is 2.10. The summed E-state index contributed by atoms with van der Waals surface area (Å²) in [6.07, 6.45) is 6.99. The predicted molar refractivity (Wildman–Crippen MR) is 68.2 cm³/mol. The number of hydrogen-bond donors (Lipinski definition) is 2. The normalized spacial score (nSPS) is 39.7. The van der Waals surface area contributed by atoms with Crippen LogP contribution in [0.15, 0.2) is 10.9 Å². The summed E-state index contributed by atoms with van der Waals surface area (Å²) in [4.78, 5) is 22.9. The van der Waals surface area contributed by atoms with Gasteiger partial charge >= 0.3 is 5.97 Å². The maximum Gasteiger partial charge on any atom is 0.354 e. The van der Waals surface area contributed by atoms with E-state index < -0.39 is 5.97 Å². The number of aromatic amines is 1. The zero-order valence-corrected chi connectivity index (χ0v) is 10.8. The molecule has 4 aliphatic rings. The van der Waals surface area contributed by atoms with Crippen LogP contribution in [0, 0.1) is 17.8 Å². The molecule has 0 spiro atoms. The Bertz CT molecular complexity index is 563. The van der Waals surface area contributed by atoms with E-state index in [9.17, 15) is 14.7 Å². The van der Waals surface area contributed by atoms with E-state index in [1.54, 1.807) is 4.68 Å². The predicted octanol–water partition coefficient (Wildman–Crippen LogP) is 1.80. The third-order valence-electron chi connectivity index (χ3n) is 5.43. The van der Waals surface area contributed by atoms with Crippen molar-refractivity contribution < 1.29 is 9.90 Å². The molecule has 4 saturated carbocycles. The van der Waals surface area contributed by atoms with E-state index in [4.69, 9.17) is 0 Å². The minimum absolute atomic E-state index is 0.131. The molecule has 5 rings (SSSR count). The Morgan fingerprint density at radius 3 is 2.21 bits per heavy atom. The SMILES string of the molecule is O=C(O)c1cc(=O)[nH]n1C12CC3CC(CC(C3)C1)C2. The third kappa shape index (κ3) is 1.53. The zero-order valence-electron chi connectivity index (χ0n) is 10.8. The number of nitrogens with zero attached hydrogens (tertiary/aromatic N) is 1. The van der Waals surface area contributed by atoms with Gasteiger partial charge in [0.2, 0.25) is 0 Å². The standard InChI is InChI=1S/C14H18N2O3/c17-12-4-11(13(18)19)16(15-12)14-5-8-1-9(6-14)3-10(2-8)7-14/h4,8-10H,1-3,5-7H2,(H,15,17)(H,18,19). The molecule has 2 N–H and O–H groups in total. The van der Waals surface area contributed by atoms with E-state index in [2.05, 4.69) is 5.10 Å². The lowest BCUT2D eigenvalue weighted by molar-refractivity contribution is -0.0510. The lowest BCUT2D eigenvalue weighted by Crippen LogP contribution is -2.53. The average molecular weight is 262 g/mol. The van der Waals surface area contributed by atoms with Crippen LogP contribution in [-0.2, 0) is 5.54 Å². The van der Waals surface area contributed by atoms with E-state index in [1.807, 2.05) is 0 Å². The summed E-state index contributed by atoms with van der Waals surface area (Å²) in [5, 5.41) is 12.1. The molecule has 4 fully saturated rings. The molecule has 5 heteroatoms. The van der Waals surface area contributed by atoms with Gasteiger partial charge in [0.25, 0.3) is 5.56 Å². The molecule has 0 aromatic carbocycles. The number of rotatable bonds is 2. The number of carboxylic acids is 1. The molecule has 0 saturated heterocycles. The van der Waals surface area contributed by atoms with Crippen LogP contribution in [0.3, 0.4) is 0 Å². The molecule has 5 nitrogen and oxygen atoms in total. The number of carboxylic acid groups (broad SMARTS) is 1. The maximum atomic E-state index is 11.6. The van der Waals surface area contributed by atoms with Crippen LogP contribution in [0.2, 0.25) is 0 Å². The van der Waals surface area contributed by atoms with Gasteiger partial charge in [-0.25, -0.2) is 4.79 Å². The fourth-order valence-corrected chi connectivity index (χ4v) is 5.26. The fraction of sp³-hybridized carbons (Fsp3) is 0.714. The van der Waals surface area contributed by atoms with E-state index in [1.165, 1.54) is 25.3 Å². The Labute approximate surface area is 110 Å². The second-order valence-electron chi connectivity index (χ2n) is 6.79. The van der Waals surface area contributed by atoms with Gasteiger partial charge in [0.15, 0.2) is 0 Å². The minimum Gasteiger partial charge on any atom is -0.477 e. The number of H-pyrrole nitrogens is 1. The Hall–Kier alpha value is -1.52. The molecule has 102 valence electrons. The van der Waals surface area contributed by atoms with Crippen LogP contribution in [-0.4, -0.2) is 20.9 Å². The number of aromatic carboxylic acids is 1. The molecule has 0 amide bonds. The first-order chi connectivity index (χ1) is 9.06. The van der Waals surface area contributed by atoms with Gasteiger partial charge in [0.05, 0.1) is 5.54 Å². The Morgan fingerprint density at radius 2 is 1.74 bits per heavy atom. The Morgan fingerprint density at radius 1 is 1.21 bits per heavy atom. The van der Waals surface area contributed by atoms with Gasteiger partial charge in [-0.3, -0.25) is 14.6 Å². The van der Waals surface area contributed by atoms with Crippen LogP contribution < -0.4 is 5.56 Å². The first-order valence-corrected chi connectivity index (χ1v) is 7.11. The van der Waals surface area contributed by atoms with Crippen LogP contribution >= 0.6 is 0 Å². The monoisotopic (exact) mass is 262 g/mol. The van der Waals surface area contributed by atoms with Crippen LogP contribution in [0.25, 0.3) is 0 Å². The van der Waals surface area contributed by atoms with Crippen molar-refractivity contribution in [2.45, 2.75) is 44.1 Å². The summed E-state index contributed by atoms with van der Waals surface area (Å²) in [5.74, 6) is 1.16. The van der Waals surface area contributed by atoms with Crippen molar-refractivity contribution >= 4 is 5.97 Å². The summed E-state index contributed by atoms with van der Waals surface area (Å²) in [5.41, 5.74) is -0.300. The van der Waals surface area contributed by atoms with Crippen molar-refractivity contribution in [3.8, 4) is 0 Å². The molecule has 1 heterocycles. The van der Waals surface area contributed by atoms with Gasteiger partial charge in [-0.1, -0.05) is 0 Å². The van der Waals surface area contributed by atoms with Crippen molar-refractivity contribution in [1.82, 2.24) is 9.78 Å². The van der Waals surface area contributed by atoms with E-state index in [-0.39, 0.29) is 16.8 Å². The average Bonchev–Trinajstić information content (AvgIpc) is 2.70. The number of aromatic nitrogens is 2. The molecule has 4 bridgehead atoms. The highest BCUT2D eigenvalue weighted by molar-refractivity contribution is 5.85. The maximum absolute atomic E-state index is 11.6. The van der Waals surface area contributed by atoms with E-state index >= 15 is 0 Å². The summed E-state index contributed by atoms with van der Waals surface area (Å²) in [6, 6.07) is 1.22. The van der Waals surface area contributed by atoms with Gasteiger partial charge in [-0.05, 0) is 56.3 Å². The van der Waals surface area contributed by atoms with Gasteiger partial charge in [-0.15, -0.1) is 0 Å². The molecule has 0 aliphatic heterocycles. The van der Waals surface area contributed by atoms with Gasteiger partial charge in [0, 0.05) is 6.07 Å². The van der Waals surface area contributed by atoms with Crippen LogP contribution in [0.4, 0.5) is 0 Å². The molecule has 0 radical (unpaired) electrons. The van der Waals surface area contributed by atoms with Crippen LogP contribution in [0.1, 0.15) is 49.0 Å². The van der Waals surface area contributed by atoms with Crippen molar-refractivity contribution in [2.75, 3.05) is 0 Å². The first-order valence-electron chi connectivity index (χ1n) is 7.11. The highest BCUT2D eigenvalue weighted by Gasteiger charge is 2.53. The van der Waals surface area contributed by atoms with Crippen molar-refractivity contribution in [3.05, 3.63) is 22.1 Å². The molecule has 19 heavy (non-hydrogen) atoms. The molecule has 0 atom stereocenters. The topological polar surface area (TPSA) is 75.1 Å². The third-order valence-corrected chi connectivity index (χ3v) is 5.43. The fourth-order valence-electron chi connectivity index (χ4n) is 5.26. The molecule has 4 aliphatic carbocycles. The number of nitrogens with one attached hydrogen (secondary N) is 1. The summed E-state index contributed by atoms with van der Waals surface area (Å²) < 4.78 is 1.70. The smallest absolute Gasteiger partial charge is 0.354 e. The quantitative estimate of drug-likeness (QED) is 0.853. The molecule has 0 unspecified atom stereocenters. The summed E-state index contributed by atoms with van der Waals surface area (Å²) >= 11 is 0. The Balaban J connectivity index is 1.83. The van der Waals surface area contributed by atoms with E-state index in [0.717, 1.165) is 37.0 Å².